The largest absolute Gasteiger partial charge is 0.393 e. The number of aryl methyl sites for hydroxylation is 2. The molecule has 1 amide bonds. The monoisotopic (exact) mass is 253 g/mol. The molecule has 1 aliphatic heterocycles. The maximum absolute atomic E-state index is 12.0. The summed E-state index contributed by atoms with van der Waals surface area (Å²) < 4.78 is 4.97. The summed E-state index contributed by atoms with van der Waals surface area (Å²) in [7, 11) is 0. The van der Waals surface area contributed by atoms with Crippen molar-refractivity contribution in [1.29, 1.82) is 0 Å². The Labute approximate surface area is 106 Å². The molecule has 1 aliphatic rings. The van der Waals surface area contributed by atoms with Crippen LogP contribution < -0.4 is 0 Å². The van der Waals surface area contributed by atoms with Gasteiger partial charge in [-0.3, -0.25) is 4.79 Å². The number of amides is 1. The number of aliphatic hydroxyl groups is 1. The molecule has 2 atom stereocenters. The van der Waals surface area contributed by atoms with E-state index in [2.05, 4.69) is 10.1 Å². The van der Waals surface area contributed by atoms with Gasteiger partial charge < -0.3 is 14.5 Å². The molecule has 6 heteroatoms. The minimum atomic E-state index is -0.285. The predicted molar refractivity (Wildman–Crippen MR) is 63.7 cm³/mol. The van der Waals surface area contributed by atoms with Gasteiger partial charge in [-0.15, -0.1) is 0 Å². The molecule has 2 heterocycles. The van der Waals surface area contributed by atoms with Crippen LogP contribution in [0.2, 0.25) is 0 Å². The average Bonchev–Trinajstić information content (AvgIpc) is 2.75. The van der Waals surface area contributed by atoms with Gasteiger partial charge in [-0.1, -0.05) is 12.1 Å². The summed E-state index contributed by atoms with van der Waals surface area (Å²) in [5.74, 6) is 1.33. The van der Waals surface area contributed by atoms with Crippen molar-refractivity contribution >= 4 is 5.91 Å². The van der Waals surface area contributed by atoms with Crippen LogP contribution in [-0.2, 0) is 11.2 Å². The van der Waals surface area contributed by atoms with Gasteiger partial charge in [-0.2, -0.15) is 4.98 Å². The summed E-state index contributed by atoms with van der Waals surface area (Å²) in [6.07, 6.45) is 1.23. The van der Waals surface area contributed by atoms with Crippen LogP contribution in [0.25, 0.3) is 0 Å². The number of hydrogen-bond acceptors (Lipinski definition) is 5. The molecule has 0 aliphatic carbocycles. The third-order valence-electron chi connectivity index (χ3n) is 3.34. The zero-order valence-electron chi connectivity index (χ0n) is 10.8. The van der Waals surface area contributed by atoms with Crippen LogP contribution in [-0.4, -0.2) is 45.2 Å². The summed E-state index contributed by atoms with van der Waals surface area (Å²) in [6.45, 7) is 4.98. The molecule has 0 aromatic carbocycles. The van der Waals surface area contributed by atoms with Crippen LogP contribution in [0.1, 0.15) is 31.5 Å². The molecule has 0 radical (unpaired) electrons. The van der Waals surface area contributed by atoms with Crippen LogP contribution in [0.3, 0.4) is 0 Å². The van der Waals surface area contributed by atoms with E-state index in [1.807, 2.05) is 6.92 Å². The number of carbonyl (C=O) groups is 1. The zero-order chi connectivity index (χ0) is 13.1. The number of aromatic nitrogens is 2. The Hall–Kier alpha value is -1.43. The van der Waals surface area contributed by atoms with E-state index >= 15 is 0 Å². The summed E-state index contributed by atoms with van der Waals surface area (Å²) in [5.41, 5.74) is 0. The normalized spacial score (nSPS) is 24.3. The van der Waals surface area contributed by atoms with Gasteiger partial charge in [-0.25, -0.2) is 0 Å². The van der Waals surface area contributed by atoms with Crippen molar-refractivity contribution in [3.05, 3.63) is 11.7 Å². The average molecular weight is 253 g/mol. The lowest BCUT2D eigenvalue weighted by molar-refractivity contribution is -0.134. The van der Waals surface area contributed by atoms with E-state index in [1.165, 1.54) is 0 Å². The summed E-state index contributed by atoms with van der Waals surface area (Å²) in [5, 5.41) is 13.3. The fourth-order valence-corrected chi connectivity index (χ4v) is 2.17. The van der Waals surface area contributed by atoms with Crippen LogP contribution >= 0.6 is 0 Å². The van der Waals surface area contributed by atoms with Crippen molar-refractivity contribution in [2.24, 2.45) is 5.92 Å². The van der Waals surface area contributed by atoms with E-state index < -0.39 is 0 Å². The first kappa shape index (κ1) is 13.0. The Balaban J connectivity index is 1.81. The first-order chi connectivity index (χ1) is 8.56. The topological polar surface area (TPSA) is 79.5 Å². The van der Waals surface area contributed by atoms with Gasteiger partial charge in [0.05, 0.1) is 6.10 Å². The quantitative estimate of drug-likeness (QED) is 0.850. The third kappa shape index (κ3) is 3.07. The fraction of sp³-hybridized carbons (Fsp3) is 0.750. The number of likely N-dealkylation sites (tertiary alicyclic amines) is 1. The van der Waals surface area contributed by atoms with Crippen molar-refractivity contribution in [1.82, 2.24) is 15.0 Å². The maximum Gasteiger partial charge on any atom is 0.227 e. The van der Waals surface area contributed by atoms with Gasteiger partial charge in [0.25, 0.3) is 0 Å². The molecule has 2 unspecified atom stereocenters. The van der Waals surface area contributed by atoms with Gasteiger partial charge >= 0.3 is 0 Å². The molecule has 0 saturated carbocycles. The molecule has 1 fully saturated rings. The fourth-order valence-electron chi connectivity index (χ4n) is 2.17. The highest BCUT2D eigenvalue weighted by molar-refractivity contribution is 5.76. The number of piperidine rings is 1. The van der Waals surface area contributed by atoms with E-state index in [-0.39, 0.29) is 17.9 Å². The molecule has 18 heavy (non-hydrogen) atoms. The molecule has 6 nitrogen and oxygen atoms in total. The first-order valence-corrected chi connectivity index (χ1v) is 6.31. The Morgan fingerprint density at radius 2 is 2.39 bits per heavy atom. The van der Waals surface area contributed by atoms with Gasteiger partial charge in [-0.05, 0) is 19.3 Å². The smallest absolute Gasteiger partial charge is 0.227 e. The standard InChI is InChI=1S/C12H19N3O3/c1-8-7-15(6-5-10(8)16)12(17)4-3-11-13-9(2)14-18-11/h8,10,16H,3-7H2,1-2H3. The van der Waals surface area contributed by atoms with Crippen LogP contribution in [0.15, 0.2) is 4.52 Å². The van der Waals surface area contributed by atoms with Crippen LogP contribution in [0, 0.1) is 12.8 Å². The minimum Gasteiger partial charge on any atom is -0.393 e. The molecule has 1 aromatic heterocycles. The number of aliphatic hydroxyl groups excluding tert-OH is 1. The van der Waals surface area contributed by atoms with Crippen LogP contribution in [0.5, 0.6) is 0 Å². The Morgan fingerprint density at radius 3 is 3.00 bits per heavy atom. The van der Waals surface area contributed by atoms with Crippen LogP contribution in [0.4, 0.5) is 0 Å². The minimum absolute atomic E-state index is 0.0876. The molecule has 1 saturated heterocycles. The highest BCUT2D eigenvalue weighted by Gasteiger charge is 2.27. The summed E-state index contributed by atoms with van der Waals surface area (Å²) >= 11 is 0. The summed E-state index contributed by atoms with van der Waals surface area (Å²) in [4.78, 5) is 17.9. The molecular weight excluding hydrogens is 234 g/mol. The SMILES string of the molecule is Cc1noc(CCC(=O)N2CCC(O)C(C)C2)n1. The Kier molecular flexibility index (Phi) is 3.96. The van der Waals surface area contributed by atoms with E-state index in [4.69, 9.17) is 4.52 Å². The Morgan fingerprint density at radius 1 is 1.61 bits per heavy atom. The Bertz CT molecular complexity index is 418. The van der Waals surface area contributed by atoms with E-state index in [0.717, 1.165) is 0 Å². The zero-order valence-corrected chi connectivity index (χ0v) is 10.8. The number of hydrogen-bond donors (Lipinski definition) is 1. The van der Waals surface area contributed by atoms with Crippen molar-refractivity contribution in [2.45, 2.75) is 39.2 Å². The van der Waals surface area contributed by atoms with E-state index in [1.54, 1.807) is 11.8 Å². The molecular formula is C12H19N3O3. The molecule has 2 rings (SSSR count). The second-order valence-electron chi connectivity index (χ2n) is 4.91. The first-order valence-electron chi connectivity index (χ1n) is 6.31. The molecule has 0 bridgehead atoms. The lowest BCUT2D eigenvalue weighted by Crippen LogP contribution is -2.45. The van der Waals surface area contributed by atoms with Crippen molar-refractivity contribution in [3.8, 4) is 0 Å². The second kappa shape index (κ2) is 5.48. The van der Waals surface area contributed by atoms with Crippen molar-refractivity contribution in [3.63, 3.8) is 0 Å². The van der Waals surface area contributed by atoms with Gasteiger partial charge in [0, 0.05) is 25.9 Å². The molecule has 100 valence electrons. The van der Waals surface area contributed by atoms with E-state index in [0.29, 0.717) is 44.1 Å². The highest BCUT2D eigenvalue weighted by atomic mass is 16.5. The third-order valence-corrected chi connectivity index (χ3v) is 3.34. The number of nitrogens with zero attached hydrogens (tertiary/aromatic N) is 3. The van der Waals surface area contributed by atoms with Gasteiger partial charge in [0.1, 0.15) is 0 Å². The van der Waals surface area contributed by atoms with Gasteiger partial charge in [0.2, 0.25) is 11.8 Å². The highest BCUT2D eigenvalue weighted by Crippen LogP contribution is 2.17. The molecule has 1 aromatic rings. The molecule has 0 spiro atoms. The lowest BCUT2D eigenvalue weighted by Gasteiger charge is -2.34. The predicted octanol–water partition coefficient (Wildman–Crippen LogP) is 0.540. The van der Waals surface area contributed by atoms with Gasteiger partial charge in [0.15, 0.2) is 5.82 Å². The van der Waals surface area contributed by atoms with Crippen molar-refractivity contribution < 1.29 is 14.4 Å². The van der Waals surface area contributed by atoms with E-state index in [9.17, 15) is 9.90 Å². The number of rotatable bonds is 3. The molecule has 1 N–H and O–H groups in total. The summed E-state index contributed by atoms with van der Waals surface area (Å²) in [6, 6.07) is 0. The maximum atomic E-state index is 12.0. The van der Waals surface area contributed by atoms with Crippen molar-refractivity contribution in [2.75, 3.05) is 13.1 Å². The lowest BCUT2D eigenvalue weighted by atomic mass is 9.96. The second-order valence-corrected chi connectivity index (χ2v) is 4.91. The number of carbonyl (C=O) groups excluding carboxylic acids is 1.